The zero-order chi connectivity index (χ0) is 12.4. The van der Waals surface area contributed by atoms with Crippen LogP contribution in [0.5, 0.6) is 0 Å². The molecule has 6 heteroatoms. The van der Waals surface area contributed by atoms with Crippen molar-refractivity contribution in [3.05, 3.63) is 46.5 Å². The Hall–Kier alpha value is -1.90. The minimum atomic E-state index is -0.982. The van der Waals surface area contributed by atoms with Gasteiger partial charge in [0.1, 0.15) is 17.9 Å². The molecule has 0 radical (unpaired) electrons. The largest absolute Gasteiger partial charge is 0.382 e. The molecule has 2 aromatic heterocycles. The predicted molar refractivity (Wildman–Crippen MR) is 61.2 cm³/mol. The normalized spacial score (nSPS) is 12.1. The van der Waals surface area contributed by atoms with E-state index >= 15 is 0 Å². The van der Waals surface area contributed by atoms with Crippen LogP contribution in [0.25, 0.3) is 0 Å². The fourth-order valence-corrected chi connectivity index (χ4v) is 1.69. The van der Waals surface area contributed by atoms with Crippen molar-refractivity contribution in [1.82, 2.24) is 14.8 Å². The van der Waals surface area contributed by atoms with Crippen LogP contribution in [0.3, 0.4) is 0 Å². The van der Waals surface area contributed by atoms with Gasteiger partial charge in [0.25, 0.3) is 0 Å². The standard InChI is InChI=1S/C11H9ClN4O/c1-16-7(5-13)4-10(15-16)11(17)8-6-14-3-2-9(8)12/h2-4,6,11,17H,1H3. The Morgan fingerprint density at radius 3 is 2.94 bits per heavy atom. The average Bonchev–Trinajstić information content (AvgIpc) is 2.70. The summed E-state index contributed by atoms with van der Waals surface area (Å²) in [4.78, 5) is 3.90. The minimum absolute atomic E-state index is 0.374. The maximum atomic E-state index is 10.1. The van der Waals surface area contributed by atoms with Crippen molar-refractivity contribution in [1.29, 1.82) is 5.26 Å². The van der Waals surface area contributed by atoms with Crippen LogP contribution in [-0.4, -0.2) is 19.9 Å². The van der Waals surface area contributed by atoms with Crippen LogP contribution < -0.4 is 0 Å². The van der Waals surface area contributed by atoms with Gasteiger partial charge in [-0.3, -0.25) is 9.67 Å². The van der Waals surface area contributed by atoms with E-state index in [4.69, 9.17) is 16.9 Å². The number of nitrogens with zero attached hydrogens (tertiary/aromatic N) is 4. The number of hydrogen-bond acceptors (Lipinski definition) is 4. The molecular formula is C11H9ClN4O. The van der Waals surface area contributed by atoms with E-state index in [0.29, 0.717) is 22.0 Å². The molecule has 17 heavy (non-hydrogen) atoms. The number of halogens is 1. The molecular weight excluding hydrogens is 240 g/mol. The summed E-state index contributed by atoms with van der Waals surface area (Å²) in [7, 11) is 1.64. The van der Waals surface area contributed by atoms with Crippen molar-refractivity contribution in [3.8, 4) is 6.07 Å². The molecule has 0 spiro atoms. The Morgan fingerprint density at radius 2 is 2.35 bits per heavy atom. The zero-order valence-electron chi connectivity index (χ0n) is 9.00. The monoisotopic (exact) mass is 248 g/mol. The molecule has 0 fully saturated rings. The molecule has 5 nitrogen and oxygen atoms in total. The summed E-state index contributed by atoms with van der Waals surface area (Å²) in [6.07, 6.45) is 2.04. The first kappa shape index (κ1) is 11.6. The summed E-state index contributed by atoms with van der Waals surface area (Å²) in [5.74, 6) is 0. The molecule has 2 rings (SSSR count). The lowest BCUT2D eigenvalue weighted by Crippen LogP contribution is -2.03. The van der Waals surface area contributed by atoms with E-state index in [9.17, 15) is 5.11 Å². The second kappa shape index (κ2) is 4.53. The van der Waals surface area contributed by atoms with Crippen molar-refractivity contribution < 1.29 is 5.11 Å². The second-order valence-corrected chi connectivity index (χ2v) is 3.90. The van der Waals surface area contributed by atoms with E-state index in [1.165, 1.54) is 23.1 Å². The summed E-state index contributed by atoms with van der Waals surface area (Å²) in [6, 6.07) is 5.09. The Balaban J connectivity index is 2.41. The first-order chi connectivity index (χ1) is 8.13. The number of aliphatic hydroxyl groups excluding tert-OH is 1. The molecule has 0 amide bonds. The highest BCUT2D eigenvalue weighted by atomic mass is 35.5. The van der Waals surface area contributed by atoms with Crippen molar-refractivity contribution in [3.63, 3.8) is 0 Å². The fraction of sp³-hybridized carbons (Fsp3) is 0.182. The van der Waals surface area contributed by atoms with E-state index in [1.807, 2.05) is 6.07 Å². The van der Waals surface area contributed by atoms with Gasteiger partial charge in [-0.2, -0.15) is 10.4 Å². The highest BCUT2D eigenvalue weighted by Gasteiger charge is 2.18. The van der Waals surface area contributed by atoms with Crippen LogP contribution in [-0.2, 0) is 7.05 Å². The van der Waals surface area contributed by atoms with Gasteiger partial charge in [0, 0.05) is 36.1 Å². The number of pyridine rings is 1. The van der Waals surface area contributed by atoms with Gasteiger partial charge in [-0.1, -0.05) is 11.6 Å². The Bertz CT molecular complexity index is 587. The average molecular weight is 249 g/mol. The number of aromatic nitrogens is 3. The van der Waals surface area contributed by atoms with E-state index in [-0.39, 0.29) is 0 Å². The zero-order valence-corrected chi connectivity index (χ0v) is 9.76. The number of rotatable bonds is 2. The van der Waals surface area contributed by atoms with E-state index in [1.54, 1.807) is 13.1 Å². The topological polar surface area (TPSA) is 74.7 Å². The molecule has 1 unspecified atom stereocenters. The minimum Gasteiger partial charge on any atom is -0.382 e. The van der Waals surface area contributed by atoms with Crippen LogP contribution in [0.2, 0.25) is 5.02 Å². The van der Waals surface area contributed by atoms with E-state index < -0.39 is 6.10 Å². The third kappa shape index (κ3) is 2.13. The molecule has 2 heterocycles. The molecule has 0 bridgehead atoms. The van der Waals surface area contributed by atoms with Crippen molar-refractivity contribution >= 4 is 11.6 Å². The van der Waals surface area contributed by atoms with Crippen molar-refractivity contribution in [2.24, 2.45) is 7.05 Å². The van der Waals surface area contributed by atoms with Gasteiger partial charge in [-0.15, -0.1) is 0 Å². The van der Waals surface area contributed by atoms with E-state index in [2.05, 4.69) is 10.1 Å². The first-order valence-electron chi connectivity index (χ1n) is 4.85. The van der Waals surface area contributed by atoms with Gasteiger partial charge in [-0.25, -0.2) is 0 Å². The SMILES string of the molecule is Cn1nc(C(O)c2cnccc2Cl)cc1C#N. The summed E-state index contributed by atoms with van der Waals surface area (Å²) in [6.45, 7) is 0. The maximum Gasteiger partial charge on any atom is 0.138 e. The highest BCUT2D eigenvalue weighted by molar-refractivity contribution is 6.31. The molecule has 0 saturated heterocycles. The smallest absolute Gasteiger partial charge is 0.138 e. The van der Waals surface area contributed by atoms with Crippen LogP contribution >= 0.6 is 11.6 Å². The lowest BCUT2D eigenvalue weighted by Gasteiger charge is -2.08. The van der Waals surface area contributed by atoms with Gasteiger partial charge < -0.3 is 5.11 Å². The highest BCUT2D eigenvalue weighted by Crippen LogP contribution is 2.26. The number of hydrogen-bond donors (Lipinski definition) is 1. The van der Waals surface area contributed by atoms with Crippen molar-refractivity contribution in [2.45, 2.75) is 6.10 Å². The Labute approximate surface area is 103 Å². The van der Waals surface area contributed by atoms with Crippen LogP contribution in [0.1, 0.15) is 23.1 Å². The number of aryl methyl sites for hydroxylation is 1. The predicted octanol–water partition coefficient (Wildman–Crippen LogP) is 1.42. The first-order valence-corrected chi connectivity index (χ1v) is 5.22. The lowest BCUT2D eigenvalue weighted by atomic mass is 10.1. The molecule has 1 N–H and O–H groups in total. The summed E-state index contributed by atoms with van der Waals surface area (Å²) < 4.78 is 1.41. The molecule has 0 aliphatic carbocycles. The Kier molecular flexibility index (Phi) is 3.09. The van der Waals surface area contributed by atoms with E-state index in [0.717, 1.165) is 0 Å². The molecule has 1 atom stereocenters. The second-order valence-electron chi connectivity index (χ2n) is 3.49. The number of aliphatic hydroxyl groups is 1. The molecule has 0 aliphatic rings. The van der Waals surface area contributed by atoms with Crippen molar-refractivity contribution in [2.75, 3.05) is 0 Å². The van der Waals surface area contributed by atoms with Gasteiger partial charge in [-0.05, 0) is 6.07 Å². The van der Waals surface area contributed by atoms with Gasteiger partial charge in [0.2, 0.25) is 0 Å². The molecule has 0 aromatic carbocycles. The third-order valence-corrected chi connectivity index (χ3v) is 2.73. The molecule has 2 aromatic rings. The molecule has 0 saturated carbocycles. The summed E-state index contributed by atoms with van der Waals surface area (Å²) >= 11 is 5.95. The summed E-state index contributed by atoms with van der Waals surface area (Å²) in [5.41, 5.74) is 1.22. The number of nitriles is 1. The quantitative estimate of drug-likeness (QED) is 0.872. The van der Waals surface area contributed by atoms with Crippen LogP contribution in [0.15, 0.2) is 24.5 Å². The van der Waals surface area contributed by atoms with Gasteiger partial charge >= 0.3 is 0 Å². The summed E-state index contributed by atoms with van der Waals surface area (Å²) in [5, 5.41) is 23.4. The molecule has 0 aliphatic heterocycles. The maximum absolute atomic E-state index is 10.1. The fourth-order valence-electron chi connectivity index (χ4n) is 1.48. The Morgan fingerprint density at radius 1 is 1.59 bits per heavy atom. The van der Waals surface area contributed by atoms with Crippen LogP contribution in [0.4, 0.5) is 0 Å². The third-order valence-electron chi connectivity index (χ3n) is 2.38. The van der Waals surface area contributed by atoms with Gasteiger partial charge in [0.15, 0.2) is 0 Å². The lowest BCUT2D eigenvalue weighted by molar-refractivity contribution is 0.214. The van der Waals surface area contributed by atoms with Gasteiger partial charge in [0.05, 0.1) is 5.69 Å². The van der Waals surface area contributed by atoms with Crippen LogP contribution in [0, 0.1) is 11.3 Å². The molecule has 86 valence electrons.